The molecule has 2 rings (SSSR count). The van der Waals surface area contributed by atoms with Gasteiger partial charge in [-0.2, -0.15) is 0 Å². The summed E-state index contributed by atoms with van der Waals surface area (Å²) in [6.45, 7) is 4.84. The van der Waals surface area contributed by atoms with Crippen LogP contribution in [0.5, 0.6) is 0 Å². The Morgan fingerprint density at radius 3 is 2.76 bits per heavy atom. The Bertz CT molecular complexity index is 513. The summed E-state index contributed by atoms with van der Waals surface area (Å²) < 4.78 is 0. The first kappa shape index (κ1) is 15.5. The van der Waals surface area contributed by atoms with Crippen LogP contribution in [-0.2, 0) is 16.1 Å². The number of nitrogens with one attached hydrogen (secondary N) is 1. The van der Waals surface area contributed by atoms with Gasteiger partial charge >= 0.3 is 0 Å². The van der Waals surface area contributed by atoms with Crippen molar-refractivity contribution < 1.29 is 9.59 Å². The van der Waals surface area contributed by atoms with Crippen LogP contribution >= 0.6 is 0 Å². The van der Waals surface area contributed by atoms with E-state index in [9.17, 15) is 9.59 Å². The van der Waals surface area contributed by atoms with Crippen molar-refractivity contribution in [2.24, 2.45) is 5.92 Å². The Labute approximate surface area is 126 Å². The van der Waals surface area contributed by atoms with Crippen molar-refractivity contribution in [2.45, 2.75) is 46.1 Å². The highest BCUT2D eigenvalue weighted by Crippen LogP contribution is 2.23. The highest BCUT2D eigenvalue weighted by atomic mass is 16.2. The third-order valence-corrected chi connectivity index (χ3v) is 4.05. The molecule has 1 N–H and O–H groups in total. The standard InChI is InChI=1S/C17H24N2O2/c1-3-5-8-13(4-2)17(21)19-11-14-9-6-7-10-15(14)18-16(20)12-19/h6-7,9-10,13H,3-5,8,11-12H2,1-2H3,(H,18,20). The molecule has 1 aliphatic rings. The zero-order chi connectivity index (χ0) is 15.2. The summed E-state index contributed by atoms with van der Waals surface area (Å²) in [5, 5.41) is 2.87. The van der Waals surface area contributed by atoms with Crippen molar-refractivity contribution in [1.29, 1.82) is 0 Å². The predicted molar refractivity (Wildman–Crippen MR) is 83.8 cm³/mol. The van der Waals surface area contributed by atoms with Crippen molar-refractivity contribution in [1.82, 2.24) is 4.90 Å². The molecule has 0 bridgehead atoms. The van der Waals surface area contributed by atoms with Gasteiger partial charge in [-0.15, -0.1) is 0 Å². The van der Waals surface area contributed by atoms with Crippen LogP contribution in [0.1, 0.15) is 45.1 Å². The maximum atomic E-state index is 12.7. The zero-order valence-corrected chi connectivity index (χ0v) is 12.9. The Kier molecular flexibility index (Phi) is 5.37. The van der Waals surface area contributed by atoms with Crippen molar-refractivity contribution in [2.75, 3.05) is 11.9 Å². The van der Waals surface area contributed by atoms with E-state index in [2.05, 4.69) is 12.2 Å². The molecule has 4 heteroatoms. The molecule has 1 unspecified atom stereocenters. The highest BCUT2D eigenvalue weighted by Gasteiger charge is 2.27. The maximum absolute atomic E-state index is 12.7. The number of anilines is 1. The summed E-state index contributed by atoms with van der Waals surface area (Å²) in [7, 11) is 0. The van der Waals surface area contributed by atoms with Gasteiger partial charge in [0.25, 0.3) is 0 Å². The summed E-state index contributed by atoms with van der Waals surface area (Å²) in [4.78, 5) is 26.4. The molecule has 1 atom stereocenters. The summed E-state index contributed by atoms with van der Waals surface area (Å²) in [6.07, 6.45) is 3.89. The quantitative estimate of drug-likeness (QED) is 0.904. The number of rotatable bonds is 5. The van der Waals surface area contributed by atoms with Crippen LogP contribution < -0.4 is 5.32 Å². The van der Waals surface area contributed by atoms with E-state index in [1.54, 1.807) is 4.90 Å². The van der Waals surface area contributed by atoms with E-state index in [0.29, 0.717) is 6.54 Å². The molecule has 1 heterocycles. The van der Waals surface area contributed by atoms with Crippen molar-refractivity contribution in [3.8, 4) is 0 Å². The monoisotopic (exact) mass is 288 g/mol. The van der Waals surface area contributed by atoms with Crippen LogP contribution in [0.15, 0.2) is 24.3 Å². The molecular weight excluding hydrogens is 264 g/mol. The van der Waals surface area contributed by atoms with E-state index >= 15 is 0 Å². The first-order valence-corrected chi connectivity index (χ1v) is 7.82. The van der Waals surface area contributed by atoms with Gasteiger partial charge in [-0.05, 0) is 24.5 Å². The second-order valence-electron chi connectivity index (χ2n) is 5.65. The van der Waals surface area contributed by atoms with Crippen LogP contribution in [0.4, 0.5) is 5.69 Å². The normalized spacial score (nSPS) is 15.9. The largest absolute Gasteiger partial charge is 0.329 e. The number of carbonyl (C=O) groups is 2. The van der Waals surface area contributed by atoms with Crippen LogP contribution in [-0.4, -0.2) is 23.3 Å². The summed E-state index contributed by atoms with van der Waals surface area (Å²) in [6, 6.07) is 7.68. The van der Waals surface area contributed by atoms with E-state index in [1.807, 2.05) is 31.2 Å². The molecule has 1 aliphatic heterocycles. The first-order chi connectivity index (χ1) is 10.2. The van der Waals surface area contributed by atoms with Crippen molar-refractivity contribution in [3.63, 3.8) is 0 Å². The van der Waals surface area contributed by atoms with Gasteiger partial charge in [-0.25, -0.2) is 0 Å². The van der Waals surface area contributed by atoms with Crippen LogP contribution in [0.2, 0.25) is 0 Å². The molecule has 0 saturated carbocycles. The number of hydrogen-bond donors (Lipinski definition) is 1. The molecule has 0 saturated heterocycles. The fourth-order valence-corrected chi connectivity index (χ4v) is 2.77. The molecule has 4 nitrogen and oxygen atoms in total. The number of unbranched alkanes of at least 4 members (excludes halogenated alkanes) is 1. The number of hydrogen-bond acceptors (Lipinski definition) is 2. The lowest BCUT2D eigenvalue weighted by Gasteiger charge is -2.25. The molecule has 0 radical (unpaired) electrons. The third-order valence-electron chi connectivity index (χ3n) is 4.05. The Balaban J connectivity index is 2.15. The molecule has 21 heavy (non-hydrogen) atoms. The van der Waals surface area contributed by atoms with Crippen LogP contribution in [0.25, 0.3) is 0 Å². The van der Waals surface area contributed by atoms with Gasteiger partial charge < -0.3 is 10.2 Å². The molecule has 1 aromatic carbocycles. The van der Waals surface area contributed by atoms with E-state index in [4.69, 9.17) is 0 Å². The number of nitrogens with zero attached hydrogens (tertiary/aromatic N) is 1. The maximum Gasteiger partial charge on any atom is 0.244 e. The molecule has 0 aromatic heterocycles. The molecule has 2 amide bonds. The average molecular weight is 288 g/mol. The van der Waals surface area contributed by atoms with Gasteiger partial charge in [0.15, 0.2) is 0 Å². The van der Waals surface area contributed by atoms with Crippen LogP contribution in [0.3, 0.4) is 0 Å². The lowest BCUT2D eigenvalue weighted by Crippen LogP contribution is -2.39. The summed E-state index contributed by atoms with van der Waals surface area (Å²) >= 11 is 0. The van der Waals surface area contributed by atoms with E-state index in [-0.39, 0.29) is 24.3 Å². The van der Waals surface area contributed by atoms with Gasteiger partial charge in [0.1, 0.15) is 6.54 Å². The van der Waals surface area contributed by atoms with Crippen molar-refractivity contribution >= 4 is 17.5 Å². The fraction of sp³-hybridized carbons (Fsp3) is 0.529. The summed E-state index contributed by atoms with van der Waals surface area (Å²) in [5.41, 5.74) is 1.82. The second kappa shape index (κ2) is 7.25. The Hall–Kier alpha value is -1.84. The number of benzene rings is 1. The fourth-order valence-electron chi connectivity index (χ4n) is 2.77. The molecular formula is C17H24N2O2. The average Bonchev–Trinajstić information content (AvgIpc) is 2.65. The van der Waals surface area contributed by atoms with Gasteiger partial charge in [0, 0.05) is 18.2 Å². The second-order valence-corrected chi connectivity index (χ2v) is 5.65. The predicted octanol–water partition coefficient (Wildman–Crippen LogP) is 3.18. The van der Waals surface area contributed by atoms with Gasteiger partial charge in [0.05, 0.1) is 0 Å². The zero-order valence-electron chi connectivity index (χ0n) is 12.9. The smallest absolute Gasteiger partial charge is 0.244 e. The minimum Gasteiger partial charge on any atom is -0.329 e. The van der Waals surface area contributed by atoms with Gasteiger partial charge in [0.2, 0.25) is 11.8 Å². The van der Waals surface area contributed by atoms with Gasteiger partial charge in [-0.1, -0.05) is 44.9 Å². The Morgan fingerprint density at radius 1 is 1.29 bits per heavy atom. The van der Waals surface area contributed by atoms with Crippen molar-refractivity contribution in [3.05, 3.63) is 29.8 Å². The third kappa shape index (κ3) is 3.84. The molecule has 0 spiro atoms. The number of fused-ring (bicyclic) bond motifs is 1. The first-order valence-electron chi connectivity index (χ1n) is 7.82. The minimum absolute atomic E-state index is 0.0306. The SMILES string of the molecule is CCCCC(CC)C(=O)N1CC(=O)Nc2ccccc2C1. The Morgan fingerprint density at radius 2 is 2.05 bits per heavy atom. The topological polar surface area (TPSA) is 49.4 Å². The van der Waals surface area contributed by atoms with E-state index < -0.39 is 0 Å². The van der Waals surface area contributed by atoms with Gasteiger partial charge in [-0.3, -0.25) is 9.59 Å². The van der Waals surface area contributed by atoms with E-state index in [0.717, 1.165) is 36.9 Å². The molecule has 0 aliphatic carbocycles. The number of para-hydroxylation sites is 1. The minimum atomic E-state index is -0.112. The highest BCUT2D eigenvalue weighted by molar-refractivity contribution is 5.96. The van der Waals surface area contributed by atoms with Crippen LogP contribution in [0, 0.1) is 5.92 Å². The molecule has 114 valence electrons. The number of amides is 2. The molecule has 0 fully saturated rings. The summed E-state index contributed by atoms with van der Waals surface area (Å²) in [5.74, 6) is 0.0273. The molecule has 1 aromatic rings. The van der Waals surface area contributed by atoms with E-state index in [1.165, 1.54) is 0 Å². The lowest BCUT2D eigenvalue weighted by molar-refractivity contribution is -0.139. The lowest BCUT2D eigenvalue weighted by atomic mass is 9.97. The number of carbonyl (C=O) groups excluding carboxylic acids is 2.